The van der Waals surface area contributed by atoms with Gasteiger partial charge in [-0.15, -0.1) is 12.4 Å². The molecule has 1 aromatic rings. The molecule has 0 radical (unpaired) electrons. The summed E-state index contributed by atoms with van der Waals surface area (Å²) in [4.78, 5) is 0. The monoisotopic (exact) mass is 186 g/mol. The first kappa shape index (κ1) is 10.7. The van der Waals surface area contributed by atoms with Gasteiger partial charge in [-0.1, -0.05) is 0 Å². The minimum atomic E-state index is -0.393. The Labute approximate surface area is 76.2 Å². The van der Waals surface area contributed by atoms with Gasteiger partial charge in [0.25, 0.3) is 0 Å². The summed E-state index contributed by atoms with van der Waals surface area (Å²) in [5.74, 6) is -0.393. The molecule has 0 heterocycles. The lowest BCUT2D eigenvalue weighted by Crippen LogP contribution is -1.95. The SMILES string of the molecule is Cc1c(F)ccc(N)c1C#N.Cl. The molecular formula is C8H8ClFN2. The molecule has 0 aliphatic carbocycles. The minimum absolute atomic E-state index is 0. The van der Waals surface area contributed by atoms with E-state index in [9.17, 15) is 4.39 Å². The average Bonchev–Trinajstić information content (AvgIpc) is 1.99. The topological polar surface area (TPSA) is 49.8 Å². The highest BCUT2D eigenvalue weighted by molar-refractivity contribution is 5.85. The Morgan fingerprint density at radius 2 is 2.08 bits per heavy atom. The summed E-state index contributed by atoms with van der Waals surface area (Å²) in [5, 5.41) is 8.53. The first-order valence-corrected chi connectivity index (χ1v) is 3.11. The summed E-state index contributed by atoms with van der Waals surface area (Å²) in [6.07, 6.45) is 0. The van der Waals surface area contributed by atoms with Crippen LogP contribution in [0.3, 0.4) is 0 Å². The predicted octanol–water partition coefficient (Wildman–Crippen LogP) is 2.01. The largest absolute Gasteiger partial charge is 0.398 e. The molecular weight excluding hydrogens is 179 g/mol. The molecule has 4 heteroatoms. The molecule has 0 bridgehead atoms. The van der Waals surface area contributed by atoms with Crippen molar-refractivity contribution in [3.05, 3.63) is 29.1 Å². The van der Waals surface area contributed by atoms with Gasteiger partial charge >= 0.3 is 0 Å². The lowest BCUT2D eigenvalue weighted by atomic mass is 10.1. The lowest BCUT2D eigenvalue weighted by molar-refractivity contribution is 0.618. The van der Waals surface area contributed by atoms with Crippen molar-refractivity contribution in [2.24, 2.45) is 0 Å². The van der Waals surface area contributed by atoms with E-state index in [2.05, 4.69) is 0 Å². The molecule has 0 aliphatic rings. The quantitative estimate of drug-likeness (QED) is 0.631. The van der Waals surface area contributed by atoms with Crippen molar-refractivity contribution in [3.8, 4) is 6.07 Å². The van der Waals surface area contributed by atoms with Crippen LogP contribution in [0.15, 0.2) is 12.1 Å². The Morgan fingerprint density at radius 1 is 1.50 bits per heavy atom. The Bertz CT molecular complexity index is 331. The average molecular weight is 187 g/mol. The molecule has 1 rings (SSSR count). The van der Waals surface area contributed by atoms with Crippen molar-refractivity contribution in [1.82, 2.24) is 0 Å². The summed E-state index contributed by atoms with van der Waals surface area (Å²) >= 11 is 0. The Hall–Kier alpha value is -1.27. The van der Waals surface area contributed by atoms with Crippen LogP contribution in [0.25, 0.3) is 0 Å². The number of nitrogens with two attached hydrogens (primary N) is 1. The highest BCUT2D eigenvalue weighted by atomic mass is 35.5. The fraction of sp³-hybridized carbons (Fsp3) is 0.125. The molecule has 64 valence electrons. The summed E-state index contributed by atoms with van der Waals surface area (Å²) in [6, 6.07) is 4.48. The zero-order chi connectivity index (χ0) is 8.43. The molecule has 0 fully saturated rings. The molecule has 1 aromatic carbocycles. The van der Waals surface area contributed by atoms with E-state index in [0.29, 0.717) is 11.3 Å². The number of benzene rings is 1. The van der Waals surface area contributed by atoms with Crippen LogP contribution < -0.4 is 5.73 Å². The second kappa shape index (κ2) is 3.93. The third-order valence-corrected chi connectivity index (χ3v) is 1.54. The van der Waals surface area contributed by atoms with E-state index >= 15 is 0 Å². The van der Waals surface area contributed by atoms with E-state index < -0.39 is 5.82 Å². The van der Waals surface area contributed by atoms with E-state index in [1.807, 2.05) is 6.07 Å². The standard InChI is InChI=1S/C8H7FN2.ClH/c1-5-6(4-10)8(11)3-2-7(5)9;/h2-3H,11H2,1H3;1H. The molecule has 0 unspecified atom stereocenters. The Kier molecular flexibility index (Phi) is 3.52. The van der Waals surface area contributed by atoms with E-state index in [1.165, 1.54) is 19.1 Å². The van der Waals surface area contributed by atoms with Gasteiger partial charge in [0, 0.05) is 11.3 Å². The van der Waals surface area contributed by atoms with Gasteiger partial charge in [0.15, 0.2) is 0 Å². The maximum Gasteiger partial charge on any atom is 0.127 e. The number of halogens is 2. The van der Waals surface area contributed by atoms with Crippen LogP contribution in [0, 0.1) is 24.1 Å². The second-order valence-electron chi connectivity index (χ2n) is 2.25. The van der Waals surface area contributed by atoms with E-state index in [4.69, 9.17) is 11.0 Å². The molecule has 0 aliphatic heterocycles. The number of nitrogens with zero attached hydrogens (tertiary/aromatic N) is 1. The van der Waals surface area contributed by atoms with Crippen LogP contribution in [-0.2, 0) is 0 Å². The lowest BCUT2D eigenvalue weighted by Gasteiger charge is -2.00. The molecule has 2 nitrogen and oxygen atoms in total. The van der Waals surface area contributed by atoms with Crippen LogP contribution in [0.5, 0.6) is 0 Å². The van der Waals surface area contributed by atoms with Gasteiger partial charge < -0.3 is 5.73 Å². The zero-order valence-corrected chi connectivity index (χ0v) is 7.28. The maximum absolute atomic E-state index is 12.7. The second-order valence-corrected chi connectivity index (χ2v) is 2.25. The third kappa shape index (κ3) is 1.66. The van der Waals surface area contributed by atoms with Crippen molar-refractivity contribution in [3.63, 3.8) is 0 Å². The van der Waals surface area contributed by atoms with Gasteiger partial charge in [-0.3, -0.25) is 0 Å². The molecule has 12 heavy (non-hydrogen) atoms. The van der Waals surface area contributed by atoms with Crippen LogP contribution in [0.4, 0.5) is 10.1 Å². The van der Waals surface area contributed by atoms with Crippen molar-refractivity contribution in [2.45, 2.75) is 6.92 Å². The summed E-state index contributed by atoms with van der Waals surface area (Å²) in [5.41, 5.74) is 6.28. The minimum Gasteiger partial charge on any atom is -0.398 e. The Balaban J connectivity index is 0.00000121. The van der Waals surface area contributed by atoms with Gasteiger partial charge in [-0.25, -0.2) is 4.39 Å². The number of nitriles is 1. The van der Waals surface area contributed by atoms with Crippen LogP contribution >= 0.6 is 12.4 Å². The fourth-order valence-electron chi connectivity index (χ4n) is 0.856. The van der Waals surface area contributed by atoms with Gasteiger partial charge in [-0.05, 0) is 19.1 Å². The summed E-state index contributed by atoms with van der Waals surface area (Å²) < 4.78 is 12.7. The number of hydrogen-bond donors (Lipinski definition) is 1. The van der Waals surface area contributed by atoms with Crippen molar-refractivity contribution >= 4 is 18.1 Å². The third-order valence-electron chi connectivity index (χ3n) is 1.54. The molecule has 0 saturated carbocycles. The molecule has 0 aromatic heterocycles. The van der Waals surface area contributed by atoms with E-state index in [0.717, 1.165) is 0 Å². The predicted molar refractivity (Wildman–Crippen MR) is 47.5 cm³/mol. The summed E-state index contributed by atoms with van der Waals surface area (Å²) in [7, 11) is 0. The first-order chi connectivity index (χ1) is 5.16. The Morgan fingerprint density at radius 3 is 2.50 bits per heavy atom. The van der Waals surface area contributed by atoms with Crippen LogP contribution in [0.2, 0.25) is 0 Å². The van der Waals surface area contributed by atoms with Crippen LogP contribution in [-0.4, -0.2) is 0 Å². The van der Waals surface area contributed by atoms with Gasteiger partial charge in [0.2, 0.25) is 0 Å². The molecule has 0 saturated heterocycles. The van der Waals surface area contributed by atoms with Crippen molar-refractivity contribution in [1.29, 1.82) is 5.26 Å². The highest BCUT2D eigenvalue weighted by Gasteiger charge is 2.05. The van der Waals surface area contributed by atoms with Gasteiger partial charge in [-0.2, -0.15) is 5.26 Å². The number of rotatable bonds is 0. The maximum atomic E-state index is 12.7. The number of hydrogen-bond acceptors (Lipinski definition) is 2. The number of anilines is 1. The van der Waals surface area contributed by atoms with Crippen molar-refractivity contribution < 1.29 is 4.39 Å². The van der Waals surface area contributed by atoms with Gasteiger partial charge in [0.05, 0.1) is 5.56 Å². The smallest absolute Gasteiger partial charge is 0.127 e. The zero-order valence-electron chi connectivity index (χ0n) is 6.47. The molecule has 0 atom stereocenters. The fourth-order valence-corrected chi connectivity index (χ4v) is 0.856. The molecule has 2 N–H and O–H groups in total. The summed E-state index contributed by atoms with van der Waals surface area (Å²) in [6.45, 7) is 1.53. The molecule has 0 amide bonds. The highest BCUT2D eigenvalue weighted by Crippen LogP contribution is 2.17. The van der Waals surface area contributed by atoms with E-state index in [-0.39, 0.29) is 18.0 Å². The van der Waals surface area contributed by atoms with Crippen LogP contribution in [0.1, 0.15) is 11.1 Å². The molecule has 0 spiro atoms. The number of nitrogen functional groups attached to an aromatic ring is 1. The van der Waals surface area contributed by atoms with E-state index in [1.54, 1.807) is 0 Å². The van der Waals surface area contributed by atoms with Crippen molar-refractivity contribution in [2.75, 3.05) is 5.73 Å². The van der Waals surface area contributed by atoms with Gasteiger partial charge in [0.1, 0.15) is 11.9 Å². The normalized spacial score (nSPS) is 8.42. The first-order valence-electron chi connectivity index (χ1n) is 3.11.